The summed E-state index contributed by atoms with van der Waals surface area (Å²) in [7, 11) is 0. The molecule has 3 nitrogen and oxygen atoms in total. The van der Waals surface area contributed by atoms with Crippen LogP contribution in [0.15, 0.2) is 76.7 Å². The number of ketones is 1. The number of hydrogen-bond acceptors (Lipinski definition) is 4. The van der Waals surface area contributed by atoms with E-state index in [4.69, 9.17) is 0 Å². The zero-order chi connectivity index (χ0) is 16.2. The van der Waals surface area contributed by atoms with E-state index in [9.17, 15) is 9.90 Å². The van der Waals surface area contributed by atoms with E-state index in [2.05, 4.69) is 24.0 Å². The average Bonchev–Trinajstić information content (AvgIpc) is 2.92. The van der Waals surface area contributed by atoms with Gasteiger partial charge in [0.2, 0.25) is 0 Å². The second-order valence-electron chi connectivity index (χ2n) is 5.06. The number of para-hydroxylation sites is 2. The van der Waals surface area contributed by atoms with E-state index in [1.165, 1.54) is 22.7 Å². The van der Waals surface area contributed by atoms with Crippen molar-refractivity contribution in [1.29, 1.82) is 0 Å². The first-order valence-corrected chi connectivity index (χ1v) is 8.27. The van der Waals surface area contributed by atoms with Crippen LogP contribution in [0.3, 0.4) is 0 Å². The fraction of sp³-hybridized carbons (Fsp3) is 0.105. The first-order chi connectivity index (χ1) is 11.2. The zero-order valence-corrected chi connectivity index (χ0v) is 13.6. The Bertz CT molecular complexity index is 795. The Morgan fingerprint density at radius 2 is 1.91 bits per heavy atom. The summed E-state index contributed by atoms with van der Waals surface area (Å²) in [6.07, 6.45) is 5.16. The smallest absolute Gasteiger partial charge is 0.189 e. The molecule has 0 saturated carbocycles. The van der Waals surface area contributed by atoms with Crippen molar-refractivity contribution in [3.63, 3.8) is 0 Å². The van der Waals surface area contributed by atoms with Gasteiger partial charge in [0, 0.05) is 11.4 Å². The number of aromatic hydroxyl groups is 1. The van der Waals surface area contributed by atoms with Gasteiger partial charge in [0.1, 0.15) is 5.75 Å². The Labute approximate surface area is 139 Å². The van der Waals surface area contributed by atoms with Crippen molar-refractivity contribution in [2.45, 2.75) is 11.8 Å². The molecule has 0 aromatic heterocycles. The van der Waals surface area contributed by atoms with E-state index in [1.54, 1.807) is 36.0 Å². The number of rotatable bonds is 4. The summed E-state index contributed by atoms with van der Waals surface area (Å²) < 4.78 is 0. The third kappa shape index (κ3) is 3.17. The van der Waals surface area contributed by atoms with Gasteiger partial charge in [-0.05, 0) is 43.3 Å². The first kappa shape index (κ1) is 15.4. The summed E-state index contributed by atoms with van der Waals surface area (Å²) in [6, 6.07) is 14.8. The topological polar surface area (TPSA) is 40.5 Å². The summed E-state index contributed by atoms with van der Waals surface area (Å²) in [6.45, 7) is 2.98. The van der Waals surface area contributed by atoms with Crippen molar-refractivity contribution in [3.8, 4) is 5.75 Å². The van der Waals surface area contributed by atoms with Gasteiger partial charge in [-0.2, -0.15) is 0 Å². The molecule has 1 aliphatic heterocycles. The predicted octanol–water partition coefficient (Wildman–Crippen LogP) is 4.60. The molecule has 116 valence electrons. The molecule has 1 aliphatic rings. The van der Waals surface area contributed by atoms with E-state index in [0.717, 1.165) is 11.6 Å². The van der Waals surface area contributed by atoms with Gasteiger partial charge in [-0.25, -0.2) is 0 Å². The van der Waals surface area contributed by atoms with E-state index in [-0.39, 0.29) is 11.5 Å². The Kier molecular flexibility index (Phi) is 4.53. The van der Waals surface area contributed by atoms with Gasteiger partial charge >= 0.3 is 0 Å². The monoisotopic (exact) mass is 323 g/mol. The molecule has 1 N–H and O–H groups in total. The quantitative estimate of drug-likeness (QED) is 0.659. The van der Waals surface area contributed by atoms with Crippen LogP contribution in [-0.4, -0.2) is 17.4 Å². The lowest BCUT2D eigenvalue weighted by molar-refractivity contribution is 0.104. The molecule has 0 bridgehead atoms. The normalized spacial score (nSPS) is 15.3. The molecular weight excluding hydrogens is 306 g/mol. The minimum Gasteiger partial charge on any atom is -0.507 e. The van der Waals surface area contributed by atoms with Crippen molar-refractivity contribution in [1.82, 2.24) is 0 Å². The number of fused-ring (bicyclic) bond motifs is 1. The third-order valence-electron chi connectivity index (χ3n) is 3.61. The molecule has 0 amide bonds. The zero-order valence-electron chi connectivity index (χ0n) is 12.8. The number of thioether (sulfide) groups is 1. The van der Waals surface area contributed by atoms with Gasteiger partial charge in [0.05, 0.1) is 16.3 Å². The molecule has 0 aliphatic carbocycles. The van der Waals surface area contributed by atoms with Gasteiger partial charge < -0.3 is 10.0 Å². The van der Waals surface area contributed by atoms with E-state index >= 15 is 0 Å². The van der Waals surface area contributed by atoms with Crippen LogP contribution in [0.5, 0.6) is 5.75 Å². The maximum absolute atomic E-state index is 12.1. The highest BCUT2D eigenvalue weighted by atomic mass is 32.2. The molecule has 0 fully saturated rings. The number of carbonyl (C=O) groups is 1. The van der Waals surface area contributed by atoms with Crippen LogP contribution >= 0.6 is 11.8 Å². The maximum atomic E-state index is 12.1. The Morgan fingerprint density at radius 1 is 1.17 bits per heavy atom. The van der Waals surface area contributed by atoms with Crippen molar-refractivity contribution < 1.29 is 9.90 Å². The molecule has 0 radical (unpaired) electrons. The van der Waals surface area contributed by atoms with Gasteiger partial charge in [-0.1, -0.05) is 42.1 Å². The summed E-state index contributed by atoms with van der Waals surface area (Å²) >= 11 is 1.69. The van der Waals surface area contributed by atoms with Crippen molar-refractivity contribution in [2.75, 3.05) is 11.4 Å². The summed E-state index contributed by atoms with van der Waals surface area (Å²) in [5, 5.41) is 10.8. The van der Waals surface area contributed by atoms with Crippen LogP contribution in [0.1, 0.15) is 17.3 Å². The molecule has 4 heteroatoms. The van der Waals surface area contributed by atoms with Gasteiger partial charge in [-0.3, -0.25) is 4.79 Å². The summed E-state index contributed by atoms with van der Waals surface area (Å²) in [5.41, 5.74) is 1.52. The number of anilines is 1. The molecule has 0 unspecified atom stereocenters. The van der Waals surface area contributed by atoms with Crippen LogP contribution in [0.2, 0.25) is 0 Å². The second kappa shape index (κ2) is 6.75. The average molecular weight is 323 g/mol. The minimum absolute atomic E-state index is 0.00707. The van der Waals surface area contributed by atoms with Crippen LogP contribution in [-0.2, 0) is 0 Å². The second-order valence-corrected chi connectivity index (χ2v) is 6.12. The molecule has 1 heterocycles. The fourth-order valence-electron chi connectivity index (χ4n) is 2.49. The Morgan fingerprint density at radius 3 is 2.70 bits per heavy atom. The molecule has 0 atom stereocenters. The molecule has 23 heavy (non-hydrogen) atoms. The first-order valence-electron chi connectivity index (χ1n) is 7.46. The highest BCUT2D eigenvalue weighted by molar-refractivity contribution is 8.03. The van der Waals surface area contributed by atoms with E-state index in [0.29, 0.717) is 5.56 Å². The van der Waals surface area contributed by atoms with Crippen molar-refractivity contribution in [2.24, 2.45) is 0 Å². The summed E-state index contributed by atoms with van der Waals surface area (Å²) in [5.74, 6) is -0.198. The number of phenolic OH excluding ortho intramolecular Hbond substituents is 1. The highest BCUT2D eigenvalue weighted by Crippen LogP contribution is 2.45. The molecular formula is C19H17NO2S. The standard InChI is InChI=1S/C19H17NO2S/c1-2-20-15-9-4-6-12-18(15)23-19(20)13-7-11-17(22)14-8-3-5-10-16(14)21/h3-13,21H,2H2,1H3. The molecule has 3 rings (SSSR count). The molecule has 2 aromatic rings. The number of benzene rings is 2. The number of phenols is 1. The van der Waals surface area contributed by atoms with Crippen molar-refractivity contribution in [3.05, 3.63) is 77.4 Å². The lowest BCUT2D eigenvalue weighted by Gasteiger charge is -2.17. The van der Waals surface area contributed by atoms with E-state index in [1.807, 2.05) is 18.2 Å². The highest BCUT2D eigenvalue weighted by Gasteiger charge is 2.22. The SMILES string of the molecule is CCN1C(=CC=CC(=O)c2ccccc2O)Sc2ccccc21. The molecule has 0 saturated heterocycles. The van der Waals surface area contributed by atoms with Gasteiger partial charge in [0.15, 0.2) is 5.78 Å². The summed E-state index contributed by atoms with van der Waals surface area (Å²) in [4.78, 5) is 15.6. The van der Waals surface area contributed by atoms with Crippen LogP contribution in [0, 0.1) is 0 Å². The number of carbonyl (C=O) groups excluding carboxylic acids is 1. The van der Waals surface area contributed by atoms with Gasteiger partial charge in [0.25, 0.3) is 0 Å². The lowest BCUT2D eigenvalue weighted by Crippen LogP contribution is -2.16. The lowest BCUT2D eigenvalue weighted by atomic mass is 10.1. The molecule has 2 aromatic carbocycles. The fourth-order valence-corrected chi connectivity index (χ4v) is 3.63. The van der Waals surface area contributed by atoms with Crippen molar-refractivity contribution >= 4 is 23.2 Å². The maximum Gasteiger partial charge on any atom is 0.189 e. The number of allylic oxidation sites excluding steroid dienone is 3. The van der Waals surface area contributed by atoms with Crippen LogP contribution in [0.4, 0.5) is 5.69 Å². The number of hydrogen-bond donors (Lipinski definition) is 1. The minimum atomic E-state index is -0.205. The largest absolute Gasteiger partial charge is 0.507 e. The predicted molar refractivity (Wildman–Crippen MR) is 95.0 cm³/mol. The Hall–Kier alpha value is -2.46. The Balaban J connectivity index is 1.78. The van der Waals surface area contributed by atoms with Crippen LogP contribution in [0.25, 0.3) is 0 Å². The molecule has 0 spiro atoms. The van der Waals surface area contributed by atoms with Gasteiger partial charge in [-0.15, -0.1) is 0 Å². The number of nitrogens with zero attached hydrogens (tertiary/aromatic N) is 1. The van der Waals surface area contributed by atoms with E-state index < -0.39 is 0 Å². The van der Waals surface area contributed by atoms with Crippen LogP contribution < -0.4 is 4.90 Å². The third-order valence-corrected chi connectivity index (χ3v) is 4.74.